The largest absolute Gasteiger partial charge is 0.384 e. The van der Waals surface area contributed by atoms with Crippen molar-refractivity contribution in [2.45, 2.75) is 13.0 Å². The Morgan fingerprint density at radius 2 is 1.84 bits per heavy atom. The number of aliphatic hydroxyl groups excluding tert-OH is 1. The van der Waals surface area contributed by atoms with Gasteiger partial charge in [-0.25, -0.2) is 4.39 Å². The summed E-state index contributed by atoms with van der Waals surface area (Å²) in [6.45, 7) is 1.81. The summed E-state index contributed by atoms with van der Waals surface area (Å²) in [7, 11) is 0. The van der Waals surface area contributed by atoms with Gasteiger partial charge in [-0.3, -0.25) is 0 Å². The van der Waals surface area contributed by atoms with Gasteiger partial charge in [-0.2, -0.15) is 0 Å². The lowest BCUT2D eigenvalue weighted by Gasteiger charge is -2.16. The molecule has 1 nitrogen and oxygen atoms in total. The maximum absolute atomic E-state index is 13.9. The molecule has 1 unspecified atom stereocenters. The molecule has 2 aromatic rings. The van der Waals surface area contributed by atoms with Crippen LogP contribution < -0.4 is 0 Å². The average molecular weight is 364 g/mol. The molecular weight excluding hydrogens is 354 g/mol. The van der Waals surface area contributed by atoms with Crippen LogP contribution in [0.15, 0.2) is 34.8 Å². The molecule has 0 aliphatic rings. The molecule has 0 aliphatic carbocycles. The predicted molar refractivity (Wildman–Crippen MR) is 79.4 cm³/mol. The first kappa shape index (κ1) is 14.8. The highest BCUT2D eigenvalue weighted by Crippen LogP contribution is 2.33. The fraction of sp³-hybridized carbons (Fsp3) is 0.143. The van der Waals surface area contributed by atoms with Gasteiger partial charge < -0.3 is 5.11 Å². The number of hydrogen-bond donors (Lipinski definition) is 1. The number of hydrogen-bond acceptors (Lipinski definition) is 1. The van der Waals surface area contributed by atoms with Crippen molar-refractivity contribution in [3.63, 3.8) is 0 Å². The predicted octanol–water partition coefficient (Wildman–Crippen LogP) is 5.29. The maximum Gasteiger partial charge on any atom is 0.130 e. The van der Waals surface area contributed by atoms with Gasteiger partial charge in [-0.1, -0.05) is 29.3 Å². The Hall–Kier alpha value is -0.610. The second-order valence-electron chi connectivity index (χ2n) is 4.19. The van der Waals surface area contributed by atoms with Crippen LogP contribution in [0.5, 0.6) is 0 Å². The van der Waals surface area contributed by atoms with E-state index < -0.39 is 11.9 Å². The van der Waals surface area contributed by atoms with Crippen molar-refractivity contribution in [1.29, 1.82) is 0 Å². The second kappa shape index (κ2) is 5.80. The Morgan fingerprint density at radius 1 is 1.16 bits per heavy atom. The quantitative estimate of drug-likeness (QED) is 0.719. The highest BCUT2D eigenvalue weighted by molar-refractivity contribution is 9.10. The van der Waals surface area contributed by atoms with E-state index >= 15 is 0 Å². The fourth-order valence-electron chi connectivity index (χ4n) is 1.86. The molecule has 1 N–H and O–H groups in total. The van der Waals surface area contributed by atoms with Crippen LogP contribution in [0.1, 0.15) is 22.8 Å². The van der Waals surface area contributed by atoms with Crippen molar-refractivity contribution < 1.29 is 9.50 Å². The minimum absolute atomic E-state index is 0.138. The molecule has 2 aromatic carbocycles. The minimum Gasteiger partial charge on any atom is -0.384 e. The summed E-state index contributed by atoms with van der Waals surface area (Å²) in [6.07, 6.45) is -1.08. The first-order chi connectivity index (χ1) is 8.90. The molecule has 0 heterocycles. The molecule has 0 saturated heterocycles. The molecule has 0 amide bonds. The summed E-state index contributed by atoms with van der Waals surface area (Å²) in [5.74, 6) is -0.516. The van der Waals surface area contributed by atoms with Crippen LogP contribution in [0.3, 0.4) is 0 Å². The van der Waals surface area contributed by atoms with Crippen LogP contribution in [0, 0.1) is 12.7 Å². The fourth-order valence-corrected chi connectivity index (χ4v) is 2.58. The molecule has 0 fully saturated rings. The zero-order valence-electron chi connectivity index (χ0n) is 9.92. The standard InChI is InChI=1S/C14H10BrCl2FO/c1-7-4-8(16)2-3-9(7)14(19)10-5-12(17)11(15)6-13(10)18/h2-6,14,19H,1H3. The van der Waals surface area contributed by atoms with Crippen LogP contribution in [-0.4, -0.2) is 5.11 Å². The van der Waals surface area contributed by atoms with Crippen molar-refractivity contribution in [3.05, 3.63) is 67.4 Å². The monoisotopic (exact) mass is 362 g/mol. The highest BCUT2D eigenvalue weighted by atomic mass is 79.9. The lowest BCUT2D eigenvalue weighted by molar-refractivity contribution is 0.214. The van der Waals surface area contributed by atoms with Gasteiger partial charge in [0, 0.05) is 15.1 Å². The molecule has 100 valence electrons. The van der Waals surface area contributed by atoms with E-state index in [1.807, 2.05) is 6.92 Å². The summed E-state index contributed by atoms with van der Waals surface area (Å²) >= 11 is 14.9. The lowest BCUT2D eigenvalue weighted by Crippen LogP contribution is -2.05. The Balaban J connectivity index is 2.49. The van der Waals surface area contributed by atoms with Crippen LogP contribution >= 0.6 is 39.1 Å². The Bertz CT molecular complexity index is 631. The molecule has 0 bridgehead atoms. The van der Waals surface area contributed by atoms with E-state index in [9.17, 15) is 9.50 Å². The van der Waals surface area contributed by atoms with Crippen molar-refractivity contribution in [1.82, 2.24) is 0 Å². The molecule has 1 atom stereocenters. The van der Waals surface area contributed by atoms with Gasteiger partial charge in [0.1, 0.15) is 11.9 Å². The first-order valence-electron chi connectivity index (χ1n) is 5.48. The Labute approximate surface area is 129 Å². The third-order valence-corrected chi connectivity index (χ3v) is 4.29. The molecule has 0 aliphatic heterocycles. The first-order valence-corrected chi connectivity index (χ1v) is 7.03. The maximum atomic E-state index is 13.9. The van der Waals surface area contributed by atoms with Gasteiger partial charge in [0.2, 0.25) is 0 Å². The van der Waals surface area contributed by atoms with Crippen LogP contribution in [0.4, 0.5) is 4.39 Å². The topological polar surface area (TPSA) is 20.2 Å². The SMILES string of the molecule is Cc1cc(Cl)ccc1C(O)c1cc(Cl)c(Br)cc1F. The lowest BCUT2D eigenvalue weighted by atomic mass is 9.97. The van der Waals surface area contributed by atoms with Gasteiger partial charge in [0.25, 0.3) is 0 Å². The summed E-state index contributed by atoms with van der Waals surface area (Å²) < 4.78 is 14.4. The third kappa shape index (κ3) is 3.11. The number of halogens is 4. The third-order valence-electron chi connectivity index (χ3n) is 2.86. The van der Waals surface area contributed by atoms with Crippen molar-refractivity contribution in [3.8, 4) is 0 Å². The van der Waals surface area contributed by atoms with Crippen molar-refractivity contribution >= 4 is 39.1 Å². The number of rotatable bonds is 2. The van der Waals surface area contributed by atoms with E-state index in [-0.39, 0.29) is 5.56 Å². The molecule has 0 spiro atoms. The molecule has 2 rings (SSSR count). The minimum atomic E-state index is -1.08. The molecule has 5 heteroatoms. The smallest absolute Gasteiger partial charge is 0.130 e. The Kier molecular flexibility index (Phi) is 4.51. The molecule has 0 aromatic heterocycles. The average Bonchev–Trinajstić information content (AvgIpc) is 2.33. The van der Waals surface area contributed by atoms with Gasteiger partial charge in [0.15, 0.2) is 0 Å². The van der Waals surface area contributed by atoms with Gasteiger partial charge >= 0.3 is 0 Å². The van der Waals surface area contributed by atoms with E-state index in [4.69, 9.17) is 23.2 Å². The van der Waals surface area contributed by atoms with Gasteiger partial charge in [-0.15, -0.1) is 0 Å². The van der Waals surface area contributed by atoms with Crippen LogP contribution in [0.2, 0.25) is 10.0 Å². The van der Waals surface area contributed by atoms with Crippen molar-refractivity contribution in [2.24, 2.45) is 0 Å². The Morgan fingerprint density at radius 3 is 2.47 bits per heavy atom. The van der Waals surface area contributed by atoms with Crippen LogP contribution in [-0.2, 0) is 0 Å². The number of aliphatic hydroxyl groups is 1. The van der Waals surface area contributed by atoms with Gasteiger partial charge in [0.05, 0.1) is 5.02 Å². The van der Waals surface area contributed by atoms with Crippen LogP contribution in [0.25, 0.3) is 0 Å². The summed E-state index contributed by atoms with van der Waals surface area (Å²) in [5.41, 5.74) is 1.53. The molecule has 0 saturated carbocycles. The van der Waals surface area contributed by atoms with E-state index in [1.54, 1.807) is 18.2 Å². The molecule has 19 heavy (non-hydrogen) atoms. The van der Waals surface area contributed by atoms with E-state index in [1.165, 1.54) is 12.1 Å². The van der Waals surface area contributed by atoms with E-state index in [0.29, 0.717) is 20.1 Å². The molecular formula is C14H10BrCl2FO. The molecule has 0 radical (unpaired) electrons. The van der Waals surface area contributed by atoms with Crippen molar-refractivity contribution in [2.75, 3.05) is 0 Å². The summed E-state index contributed by atoms with van der Waals surface area (Å²) in [5, 5.41) is 11.2. The second-order valence-corrected chi connectivity index (χ2v) is 5.89. The zero-order valence-corrected chi connectivity index (χ0v) is 13.0. The van der Waals surface area contributed by atoms with E-state index in [2.05, 4.69) is 15.9 Å². The summed E-state index contributed by atoms with van der Waals surface area (Å²) in [6, 6.07) is 7.72. The highest BCUT2D eigenvalue weighted by Gasteiger charge is 2.18. The summed E-state index contributed by atoms with van der Waals surface area (Å²) in [4.78, 5) is 0. The zero-order chi connectivity index (χ0) is 14.2. The number of aryl methyl sites for hydroxylation is 1. The normalized spacial score (nSPS) is 12.5. The number of benzene rings is 2. The van der Waals surface area contributed by atoms with E-state index in [0.717, 1.165) is 5.56 Å². The van der Waals surface area contributed by atoms with Gasteiger partial charge in [-0.05, 0) is 58.2 Å².